The number of hydrogen-bond acceptors (Lipinski definition) is 6. The molecule has 6 nitrogen and oxygen atoms in total. The van der Waals surface area contributed by atoms with Crippen molar-refractivity contribution in [2.24, 2.45) is 0 Å². The van der Waals surface area contributed by atoms with Crippen LogP contribution in [0.25, 0.3) is 10.9 Å². The van der Waals surface area contributed by atoms with Crippen LogP contribution in [-0.2, 0) is 6.42 Å². The molecule has 0 aliphatic rings. The molecule has 0 aliphatic heterocycles. The van der Waals surface area contributed by atoms with Crippen LogP contribution >= 0.6 is 0 Å². The molecule has 3 rings (SSSR count). The van der Waals surface area contributed by atoms with Gasteiger partial charge >= 0.3 is 0 Å². The fourth-order valence-corrected chi connectivity index (χ4v) is 2.54. The Hall–Kier alpha value is -3.33. The number of nitrogens with zero attached hydrogens (tertiary/aromatic N) is 3. The Morgan fingerprint density at radius 3 is 2.62 bits per heavy atom. The zero-order valence-corrected chi connectivity index (χ0v) is 13.4. The molecule has 0 radical (unpaired) electrons. The van der Waals surface area contributed by atoms with Crippen molar-refractivity contribution in [1.29, 1.82) is 5.26 Å². The van der Waals surface area contributed by atoms with Gasteiger partial charge in [0.1, 0.15) is 5.82 Å². The standard InChI is InChI=1S/C18H18N6/c1-21-17-15-10-14(6-7-16(15)23-18(20)24-17)22-9-8-12-2-4-13(11-19)5-3-12/h2-7,10,22H,8-9H2,1H3,(H3,20,21,23,24). The first-order valence-electron chi connectivity index (χ1n) is 7.67. The third-order valence-electron chi connectivity index (χ3n) is 3.78. The zero-order chi connectivity index (χ0) is 16.9. The third kappa shape index (κ3) is 3.36. The summed E-state index contributed by atoms with van der Waals surface area (Å²) in [6.45, 7) is 0.794. The van der Waals surface area contributed by atoms with Crippen molar-refractivity contribution in [2.45, 2.75) is 6.42 Å². The highest BCUT2D eigenvalue weighted by Gasteiger charge is 2.06. The number of nitrogens with two attached hydrogens (primary N) is 1. The molecule has 0 fully saturated rings. The summed E-state index contributed by atoms with van der Waals surface area (Å²) >= 11 is 0. The molecule has 4 N–H and O–H groups in total. The van der Waals surface area contributed by atoms with Crippen molar-refractivity contribution in [3.05, 3.63) is 53.6 Å². The predicted molar refractivity (Wildman–Crippen MR) is 96.8 cm³/mol. The van der Waals surface area contributed by atoms with Gasteiger partial charge in [0.15, 0.2) is 0 Å². The molecule has 0 atom stereocenters. The molecule has 0 saturated heterocycles. The van der Waals surface area contributed by atoms with E-state index in [4.69, 9.17) is 11.0 Å². The Morgan fingerprint density at radius 2 is 1.92 bits per heavy atom. The van der Waals surface area contributed by atoms with Crippen molar-refractivity contribution < 1.29 is 0 Å². The van der Waals surface area contributed by atoms with Gasteiger partial charge in [0.05, 0.1) is 17.1 Å². The monoisotopic (exact) mass is 318 g/mol. The van der Waals surface area contributed by atoms with Crippen LogP contribution in [0, 0.1) is 11.3 Å². The Balaban J connectivity index is 1.71. The number of nitriles is 1. The SMILES string of the molecule is CNc1nc(N)nc2ccc(NCCc3ccc(C#N)cc3)cc12. The summed E-state index contributed by atoms with van der Waals surface area (Å²) in [5.41, 5.74) is 9.39. The number of anilines is 3. The summed E-state index contributed by atoms with van der Waals surface area (Å²) < 4.78 is 0. The molecular formula is C18H18N6. The number of hydrogen-bond donors (Lipinski definition) is 3. The second-order valence-electron chi connectivity index (χ2n) is 5.40. The van der Waals surface area contributed by atoms with Crippen LogP contribution in [0.5, 0.6) is 0 Å². The number of aromatic nitrogens is 2. The molecule has 1 heterocycles. The summed E-state index contributed by atoms with van der Waals surface area (Å²) in [5.74, 6) is 0.974. The van der Waals surface area contributed by atoms with Crippen molar-refractivity contribution in [1.82, 2.24) is 9.97 Å². The van der Waals surface area contributed by atoms with E-state index < -0.39 is 0 Å². The summed E-state index contributed by atoms with van der Waals surface area (Å²) in [7, 11) is 1.81. The summed E-state index contributed by atoms with van der Waals surface area (Å²) in [4.78, 5) is 8.45. The number of rotatable bonds is 5. The lowest BCUT2D eigenvalue weighted by molar-refractivity contribution is 1.02. The topological polar surface area (TPSA) is 99.7 Å². The van der Waals surface area contributed by atoms with Gasteiger partial charge in [-0.25, -0.2) is 4.98 Å². The van der Waals surface area contributed by atoms with Crippen LogP contribution < -0.4 is 16.4 Å². The first kappa shape index (κ1) is 15.6. The minimum absolute atomic E-state index is 0.258. The Labute approximate surface area is 140 Å². The maximum atomic E-state index is 8.81. The normalized spacial score (nSPS) is 10.3. The van der Waals surface area contributed by atoms with Crippen LogP contribution in [-0.4, -0.2) is 23.6 Å². The van der Waals surface area contributed by atoms with E-state index in [1.54, 1.807) is 0 Å². The Kier molecular flexibility index (Phi) is 4.43. The van der Waals surface area contributed by atoms with Crippen LogP contribution in [0.15, 0.2) is 42.5 Å². The molecule has 2 aromatic carbocycles. The lowest BCUT2D eigenvalue weighted by Crippen LogP contribution is -2.06. The van der Waals surface area contributed by atoms with Crippen LogP contribution in [0.1, 0.15) is 11.1 Å². The maximum absolute atomic E-state index is 8.81. The molecule has 1 aromatic heterocycles. The molecule has 0 amide bonds. The molecule has 0 saturated carbocycles. The average molecular weight is 318 g/mol. The second-order valence-corrected chi connectivity index (χ2v) is 5.40. The summed E-state index contributed by atoms with van der Waals surface area (Å²) in [6.07, 6.45) is 0.876. The molecule has 3 aromatic rings. The molecule has 0 aliphatic carbocycles. The smallest absolute Gasteiger partial charge is 0.222 e. The van der Waals surface area contributed by atoms with E-state index in [1.165, 1.54) is 5.56 Å². The first-order chi connectivity index (χ1) is 11.7. The summed E-state index contributed by atoms with van der Waals surface area (Å²) in [6, 6.07) is 15.7. The van der Waals surface area contributed by atoms with Gasteiger partial charge in [0.25, 0.3) is 0 Å². The van der Waals surface area contributed by atoms with Crippen LogP contribution in [0.4, 0.5) is 17.5 Å². The van der Waals surface area contributed by atoms with E-state index in [-0.39, 0.29) is 5.95 Å². The van der Waals surface area contributed by atoms with E-state index in [9.17, 15) is 0 Å². The van der Waals surface area contributed by atoms with Gasteiger partial charge in [-0.05, 0) is 42.3 Å². The molecule has 0 spiro atoms. The highest BCUT2D eigenvalue weighted by molar-refractivity contribution is 5.92. The van der Waals surface area contributed by atoms with Crippen molar-refractivity contribution >= 4 is 28.4 Å². The molecule has 6 heteroatoms. The molecule has 120 valence electrons. The van der Waals surface area contributed by atoms with Gasteiger partial charge in [-0.3, -0.25) is 0 Å². The number of benzene rings is 2. The van der Waals surface area contributed by atoms with Crippen LogP contribution in [0.2, 0.25) is 0 Å². The van der Waals surface area contributed by atoms with Crippen LogP contribution in [0.3, 0.4) is 0 Å². The lowest BCUT2D eigenvalue weighted by Gasteiger charge is -2.10. The Morgan fingerprint density at radius 1 is 1.12 bits per heavy atom. The molecule has 0 unspecified atom stereocenters. The number of nitrogens with one attached hydrogen (secondary N) is 2. The van der Waals surface area contributed by atoms with E-state index in [1.807, 2.05) is 49.5 Å². The fraction of sp³-hybridized carbons (Fsp3) is 0.167. The van der Waals surface area contributed by atoms with Gasteiger partial charge < -0.3 is 16.4 Å². The van der Waals surface area contributed by atoms with E-state index in [2.05, 4.69) is 26.7 Å². The lowest BCUT2D eigenvalue weighted by atomic mass is 10.1. The highest BCUT2D eigenvalue weighted by atomic mass is 15.1. The van der Waals surface area contributed by atoms with Gasteiger partial charge in [-0.1, -0.05) is 12.1 Å². The van der Waals surface area contributed by atoms with E-state index in [0.29, 0.717) is 11.4 Å². The minimum atomic E-state index is 0.258. The second kappa shape index (κ2) is 6.84. The maximum Gasteiger partial charge on any atom is 0.222 e. The van der Waals surface area contributed by atoms with Gasteiger partial charge in [-0.2, -0.15) is 10.2 Å². The Bertz CT molecular complexity index is 896. The quantitative estimate of drug-likeness (QED) is 0.669. The van der Waals surface area contributed by atoms with Crippen molar-refractivity contribution in [3.8, 4) is 6.07 Å². The molecular weight excluding hydrogens is 300 g/mol. The largest absolute Gasteiger partial charge is 0.385 e. The van der Waals surface area contributed by atoms with Gasteiger partial charge in [0.2, 0.25) is 5.95 Å². The number of nitrogen functional groups attached to an aromatic ring is 1. The van der Waals surface area contributed by atoms with E-state index in [0.717, 1.165) is 29.6 Å². The zero-order valence-electron chi connectivity index (χ0n) is 13.4. The van der Waals surface area contributed by atoms with E-state index >= 15 is 0 Å². The fourth-order valence-electron chi connectivity index (χ4n) is 2.54. The highest BCUT2D eigenvalue weighted by Crippen LogP contribution is 2.24. The first-order valence-corrected chi connectivity index (χ1v) is 7.67. The molecule has 24 heavy (non-hydrogen) atoms. The molecule has 0 bridgehead atoms. The predicted octanol–water partition coefficient (Wildman–Crippen LogP) is 2.78. The minimum Gasteiger partial charge on any atom is -0.385 e. The van der Waals surface area contributed by atoms with Crippen molar-refractivity contribution in [2.75, 3.05) is 30.0 Å². The average Bonchev–Trinajstić information content (AvgIpc) is 2.61. The van der Waals surface area contributed by atoms with Gasteiger partial charge in [0, 0.05) is 24.7 Å². The summed E-state index contributed by atoms with van der Waals surface area (Å²) in [5, 5.41) is 16.2. The third-order valence-corrected chi connectivity index (χ3v) is 3.78. The van der Waals surface area contributed by atoms with Crippen molar-refractivity contribution in [3.63, 3.8) is 0 Å². The van der Waals surface area contributed by atoms with Gasteiger partial charge in [-0.15, -0.1) is 0 Å². The number of fused-ring (bicyclic) bond motifs is 1.